The van der Waals surface area contributed by atoms with E-state index in [0.717, 1.165) is 17.6 Å². The molecule has 0 atom stereocenters. The van der Waals surface area contributed by atoms with E-state index in [0.29, 0.717) is 17.4 Å². The van der Waals surface area contributed by atoms with Crippen molar-refractivity contribution in [1.29, 1.82) is 0 Å². The van der Waals surface area contributed by atoms with Crippen LogP contribution in [-0.4, -0.2) is 56.0 Å². The SMILES string of the molecule is COc1ccc(Br)c(C(=O)N2CC(N(C)C)C2)c1. The normalized spacial score (nSPS) is 15.7. The number of hydrogen-bond donors (Lipinski definition) is 0. The maximum absolute atomic E-state index is 12.3. The van der Waals surface area contributed by atoms with Crippen LogP contribution in [0.4, 0.5) is 0 Å². The van der Waals surface area contributed by atoms with E-state index in [1.165, 1.54) is 0 Å². The van der Waals surface area contributed by atoms with Gasteiger partial charge in [-0.3, -0.25) is 4.79 Å². The van der Waals surface area contributed by atoms with Crippen LogP contribution in [0.2, 0.25) is 0 Å². The molecule has 0 N–H and O–H groups in total. The van der Waals surface area contributed by atoms with Crippen molar-refractivity contribution in [3.63, 3.8) is 0 Å². The maximum Gasteiger partial charge on any atom is 0.255 e. The van der Waals surface area contributed by atoms with Gasteiger partial charge >= 0.3 is 0 Å². The quantitative estimate of drug-likeness (QED) is 0.854. The summed E-state index contributed by atoms with van der Waals surface area (Å²) in [5, 5.41) is 0. The van der Waals surface area contributed by atoms with E-state index in [2.05, 4.69) is 20.8 Å². The lowest BCUT2D eigenvalue weighted by Crippen LogP contribution is -2.59. The summed E-state index contributed by atoms with van der Waals surface area (Å²) >= 11 is 3.41. The largest absolute Gasteiger partial charge is 0.497 e. The highest BCUT2D eigenvalue weighted by atomic mass is 79.9. The van der Waals surface area contributed by atoms with Gasteiger partial charge in [0.25, 0.3) is 5.91 Å². The van der Waals surface area contributed by atoms with Crippen molar-refractivity contribution in [2.24, 2.45) is 0 Å². The third kappa shape index (κ3) is 2.52. The van der Waals surface area contributed by atoms with E-state index in [1.54, 1.807) is 13.2 Å². The summed E-state index contributed by atoms with van der Waals surface area (Å²) in [5.41, 5.74) is 0.659. The van der Waals surface area contributed by atoms with E-state index < -0.39 is 0 Å². The molecule has 1 aromatic carbocycles. The Labute approximate surface area is 116 Å². The summed E-state index contributed by atoms with van der Waals surface area (Å²) in [6.45, 7) is 1.57. The summed E-state index contributed by atoms with van der Waals surface area (Å²) in [5.74, 6) is 0.755. The van der Waals surface area contributed by atoms with Gasteiger partial charge in [0.1, 0.15) is 5.75 Å². The number of likely N-dealkylation sites (tertiary alicyclic amines) is 1. The molecule has 5 heteroatoms. The van der Waals surface area contributed by atoms with E-state index in [4.69, 9.17) is 4.74 Å². The van der Waals surface area contributed by atoms with Crippen molar-refractivity contribution in [3.05, 3.63) is 28.2 Å². The van der Waals surface area contributed by atoms with Crippen LogP contribution >= 0.6 is 15.9 Å². The third-order valence-corrected chi connectivity index (χ3v) is 3.98. The van der Waals surface area contributed by atoms with Crippen LogP contribution in [0.1, 0.15) is 10.4 Å². The Kier molecular flexibility index (Phi) is 3.92. The van der Waals surface area contributed by atoms with Crippen LogP contribution in [0, 0.1) is 0 Å². The van der Waals surface area contributed by atoms with Gasteiger partial charge in [0.15, 0.2) is 0 Å². The molecular weight excluding hydrogens is 296 g/mol. The Morgan fingerprint density at radius 2 is 2.11 bits per heavy atom. The van der Waals surface area contributed by atoms with Crippen LogP contribution in [0.5, 0.6) is 5.75 Å². The van der Waals surface area contributed by atoms with Gasteiger partial charge in [-0.2, -0.15) is 0 Å². The first-order valence-electron chi connectivity index (χ1n) is 5.82. The molecule has 18 heavy (non-hydrogen) atoms. The van der Waals surface area contributed by atoms with Gasteiger partial charge in [0.2, 0.25) is 0 Å². The number of carbonyl (C=O) groups excluding carboxylic acids is 1. The topological polar surface area (TPSA) is 32.8 Å². The first-order valence-corrected chi connectivity index (χ1v) is 6.61. The maximum atomic E-state index is 12.3. The van der Waals surface area contributed by atoms with Crippen molar-refractivity contribution < 1.29 is 9.53 Å². The number of rotatable bonds is 3. The number of hydrogen-bond acceptors (Lipinski definition) is 3. The Morgan fingerprint density at radius 3 is 2.67 bits per heavy atom. The van der Waals surface area contributed by atoms with Gasteiger partial charge in [-0.05, 0) is 48.2 Å². The standard InChI is InChI=1S/C13H17BrN2O2/c1-15(2)9-7-16(8-9)13(17)11-6-10(18-3)4-5-12(11)14/h4-6,9H,7-8H2,1-3H3. The van der Waals surface area contributed by atoms with Gasteiger partial charge in [-0.1, -0.05) is 0 Å². The van der Waals surface area contributed by atoms with Crippen molar-refractivity contribution >= 4 is 21.8 Å². The van der Waals surface area contributed by atoms with E-state index >= 15 is 0 Å². The minimum absolute atomic E-state index is 0.0545. The average molecular weight is 313 g/mol. The predicted octanol–water partition coefficient (Wildman–Crippen LogP) is 1.84. The van der Waals surface area contributed by atoms with Crippen LogP contribution in [-0.2, 0) is 0 Å². The number of likely N-dealkylation sites (N-methyl/N-ethyl adjacent to an activating group) is 1. The van der Waals surface area contributed by atoms with Gasteiger partial charge in [-0.15, -0.1) is 0 Å². The average Bonchev–Trinajstić information content (AvgIpc) is 2.27. The Bertz CT molecular complexity index is 456. The number of nitrogens with zero attached hydrogens (tertiary/aromatic N) is 2. The highest BCUT2D eigenvalue weighted by Crippen LogP contribution is 2.26. The summed E-state index contributed by atoms with van der Waals surface area (Å²) in [4.78, 5) is 16.3. The number of ether oxygens (including phenoxy) is 1. The van der Waals surface area contributed by atoms with Gasteiger partial charge < -0.3 is 14.5 Å². The molecule has 1 aliphatic rings. The molecule has 1 heterocycles. The molecule has 1 amide bonds. The second kappa shape index (κ2) is 5.28. The molecule has 2 rings (SSSR count). The van der Waals surface area contributed by atoms with Gasteiger partial charge in [0.05, 0.1) is 12.7 Å². The molecule has 1 aliphatic heterocycles. The van der Waals surface area contributed by atoms with Crippen LogP contribution in [0.15, 0.2) is 22.7 Å². The second-order valence-electron chi connectivity index (χ2n) is 4.67. The van der Waals surface area contributed by atoms with Gasteiger partial charge in [-0.25, -0.2) is 0 Å². The zero-order valence-electron chi connectivity index (χ0n) is 10.8. The lowest BCUT2D eigenvalue weighted by Gasteiger charge is -2.42. The Balaban J connectivity index is 2.10. The first kappa shape index (κ1) is 13.4. The number of carbonyl (C=O) groups is 1. The lowest BCUT2D eigenvalue weighted by molar-refractivity contribution is 0.0398. The minimum atomic E-state index is 0.0545. The molecule has 0 bridgehead atoms. The van der Waals surface area contributed by atoms with Crippen molar-refractivity contribution in [2.75, 3.05) is 34.3 Å². The van der Waals surface area contributed by atoms with E-state index in [-0.39, 0.29) is 5.91 Å². The molecule has 0 saturated carbocycles. The van der Waals surface area contributed by atoms with Crippen LogP contribution < -0.4 is 4.74 Å². The zero-order chi connectivity index (χ0) is 13.3. The third-order valence-electron chi connectivity index (χ3n) is 3.28. The molecule has 0 spiro atoms. The molecule has 4 nitrogen and oxygen atoms in total. The first-order chi connectivity index (χ1) is 8.52. The summed E-state index contributed by atoms with van der Waals surface area (Å²) in [6, 6.07) is 5.92. The van der Waals surface area contributed by atoms with Crippen LogP contribution in [0.25, 0.3) is 0 Å². The molecular formula is C13H17BrN2O2. The van der Waals surface area contributed by atoms with E-state index in [1.807, 2.05) is 31.1 Å². The Hall–Kier alpha value is -1.07. The zero-order valence-corrected chi connectivity index (χ0v) is 12.4. The highest BCUT2D eigenvalue weighted by molar-refractivity contribution is 9.10. The van der Waals surface area contributed by atoms with E-state index in [9.17, 15) is 4.79 Å². The summed E-state index contributed by atoms with van der Waals surface area (Å²) in [6.07, 6.45) is 0. The number of methoxy groups -OCH3 is 1. The predicted molar refractivity (Wildman–Crippen MR) is 74.1 cm³/mol. The smallest absolute Gasteiger partial charge is 0.255 e. The molecule has 0 aromatic heterocycles. The molecule has 1 fully saturated rings. The fourth-order valence-electron chi connectivity index (χ4n) is 1.91. The molecule has 1 aromatic rings. The van der Waals surface area contributed by atoms with Crippen molar-refractivity contribution in [2.45, 2.75) is 6.04 Å². The Morgan fingerprint density at radius 1 is 1.44 bits per heavy atom. The molecule has 0 radical (unpaired) electrons. The molecule has 0 aliphatic carbocycles. The van der Waals surface area contributed by atoms with Gasteiger partial charge in [0, 0.05) is 23.6 Å². The number of amides is 1. The van der Waals surface area contributed by atoms with Crippen molar-refractivity contribution in [1.82, 2.24) is 9.80 Å². The second-order valence-corrected chi connectivity index (χ2v) is 5.53. The highest BCUT2D eigenvalue weighted by Gasteiger charge is 2.33. The fourth-order valence-corrected chi connectivity index (χ4v) is 2.33. The molecule has 98 valence electrons. The lowest BCUT2D eigenvalue weighted by atomic mass is 10.1. The summed E-state index contributed by atoms with van der Waals surface area (Å²) in [7, 11) is 5.67. The molecule has 0 unspecified atom stereocenters. The summed E-state index contributed by atoms with van der Waals surface area (Å²) < 4.78 is 5.96. The monoisotopic (exact) mass is 312 g/mol. The molecule has 1 saturated heterocycles. The van der Waals surface area contributed by atoms with Crippen molar-refractivity contribution in [3.8, 4) is 5.75 Å². The number of halogens is 1. The fraction of sp³-hybridized carbons (Fsp3) is 0.462. The minimum Gasteiger partial charge on any atom is -0.497 e. The van der Waals surface area contributed by atoms with Crippen LogP contribution in [0.3, 0.4) is 0 Å². The number of benzene rings is 1.